The highest BCUT2D eigenvalue weighted by atomic mass is 32.2. The van der Waals surface area contributed by atoms with Gasteiger partial charge in [0.25, 0.3) is 5.69 Å². The summed E-state index contributed by atoms with van der Waals surface area (Å²) in [6, 6.07) is 21.5. The molecule has 0 spiro atoms. The molecule has 0 bridgehead atoms. The van der Waals surface area contributed by atoms with Gasteiger partial charge < -0.3 is 4.74 Å². The van der Waals surface area contributed by atoms with Crippen molar-refractivity contribution in [1.29, 1.82) is 0 Å². The first-order chi connectivity index (χ1) is 13.8. The van der Waals surface area contributed by atoms with E-state index in [0.29, 0.717) is 0 Å². The van der Waals surface area contributed by atoms with Crippen molar-refractivity contribution in [2.45, 2.75) is 6.61 Å². The number of anilines is 1. The van der Waals surface area contributed by atoms with Crippen molar-refractivity contribution in [3.05, 3.63) is 88.5 Å². The summed E-state index contributed by atoms with van der Waals surface area (Å²) in [4.78, 5) is 10.5. The van der Waals surface area contributed by atoms with E-state index in [1.54, 1.807) is 0 Å². The van der Waals surface area contributed by atoms with E-state index in [-0.39, 0.29) is 23.7 Å². The summed E-state index contributed by atoms with van der Waals surface area (Å²) in [5.41, 5.74) is 3.06. The van der Waals surface area contributed by atoms with Gasteiger partial charge in [0.05, 0.1) is 22.9 Å². The molecule has 0 aliphatic carbocycles. The number of non-ortho nitro benzene ring substituents is 1. The number of nitro groups is 1. The van der Waals surface area contributed by atoms with E-state index in [1.165, 1.54) is 25.2 Å². The van der Waals surface area contributed by atoms with Gasteiger partial charge in [0.15, 0.2) is 5.75 Å². The van der Waals surface area contributed by atoms with Gasteiger partial charge in [-0.3, -0.25) is 14.4 Å². The van der Waals surface area contributed by atoms with E-state index in [0.717, 1.165) is 27.3 Å². The maximum atomic E-state index is 11.9. The van der Waals surface area contributed by atoms with Crippen molar-refractivity contribution in [3.63, 3.8) is 0 Å². The molecule has 150 valence electrons. The Morgan fingerprint density at radius 3 is 2.17 bits per heavy atom. The topological polar surface area (TPSA) is 89.8 Å². The Morgan fingerprint density at radius 1 is 0.966 bits per heavy atom. The van der Waals surface area contributed by atoms with Crippen molar-refractivity contribution >= 4 is 21.4 Å². The van der Waals surface area contributed by atoms with Crippen LogP contribution >= 0.6 is 0 Å². The molecule has 3 rings (SSSR count). The molecule has 0 atom stereocenters. The highest BCUT2D eigenvalue weighted by Crippen LogP contribution is 2.33. The molecule has 0 saturated carbocycles. The van der Waals surface area contributed by atoms with E-state index in [4.69, 9.17) is 4.74 Å². The number of benzene rings is 3. The summed E-state index contributed by atoms with van der Waals surface area (Å²) in [5, 5.41) is 11.1. The average molecular weight is 412 g/mol. The first-order valence-electron chi connectivity index (χ1n) is 8.75. The van der Waals surface area contributed by atoms with Crippen LogP contribution in [-0.4, -0.2) is 26.6 Å². The molecular formula is C21H20N2O5S. The summed E-state index contributed by atoms with van der Waals surface area (Å²) in [7, 11) is -2.17. The van der Waals surface area contributed by atoms with Crippen molar-refractivity contribution in [2.75, 3.05) is 17.6 Å². The van der Waals surface area contributed by atoms with Crippen molar-refractivity contribution in [2.24, 2.45) is 0 Å². The van der Waals surface area contributed by atoms with Crippen molar-refractivity contribution < 1.29 is 18.1 Å². The van der Waals surface area contributed by atoms with Gasteiger partial charge in [0.2, 0.25) is 10.0 Å². The van der Waals surface area contributed by atoms with Crippen LogP contribution in [0.1, 0.15) is 5.56 Å². The number of rotatable bonds is 7. The Labute approximate surface area is 169 Å². The van der Waals surface area contributed by atoms with Gasteiger partial charge >= 0.3 is 0 Å². The van der Waals surface area contributed by atoms with Gasteiger partial charge in [-0.2, -0.15) is 0 Å². The van der Waals surface area contributed by atoms with Gasteiger partial charge in [-0.05, 0) is 22.8 Å². The number of sulfonamides is 1. The molecular weight excluding hydrogens is 392 g/mol. The SMILES string of the molecule is CN(c1ccc([N+](=O)[O-])cc1OCc1ccc(-c2ccccc2)cc1)S(C)(=O)=O. The number of hydrogen-bond acceptors (Lipinski definition) is 5. The molecule has 3 aromatic carbocycles. The first kappa shape index (κ1) is 20.3. The first-order valence-corrected chi connectivity index (χ1v) is 10.6. The quantitative estimate of drug-likeness (QED) is 0.428. The lowest BCUT2D eigenvalue weighted by atomic mass is 10.0. The van der Waals surface area contributed by atoms with Gasteiger partial charge in [-0.1, -0.05) is 54.6 Å². The maximum absolute atomic E-state index is 11.9. The highest BCUT2D eigenvalue weighted by molar-refractivity contribution is 7.92. The second-order valence-corrected chi connectivity index (χ2v) is 8.51. The fourth-order valence-electron chi connectivity index (χ4n) is 2.76. The summed E-state index contributed by atoms with van der Waals surface area (Å²) >= 11 is 0. The van der Waals surface area contributed by atoms with E-state index in [9.17, 15) is 18.5 Å². The number of nitrogens with zero attached hydrogens (tertiary/aromatic N) is 2. The van der Waals surface area contributed by atoms with Crippen molar-refractivity contribution in [3.8, 4) is 16.9 Å². The Bertz CT molecular complexity index is 1110. The third-order valence-corrected chi connectivity index (χ3v) is 5.64. The minimum atomic E-state index is -3.55. The summed E-state index contributed by atoms with van der Waals surface area (Å²) < 4.78 is 30.6. The zero-order valence-corrected chi connectivity index (χ0v) is 16.8. The largest absolute Gasteiger partial charge is 0.486 e. The second kappa shape index (κ2) is 8.32. The molecule has 0 heterocycles. The molecule has 0 N–H and O–H groups in total. The van der Waals surface area contributed by atoms with Gasteiger partial charge in [0, 0.05) is 13.1 Å². The molecule has 3 aromatic rings. The van der Waals surface area contributed by atoms with Crippen LogP contribution in [0.3, 0.4) is 0 Å². The molecule has 0 unspecified atom stereocenters. The average Bonchev–Trinajstić information content (AvgIpc) is 2.72. The second-order valence-electron chi connectivity index (χ2n) is 6.49. The number of ether oxygens (including phenoxy) is 1. The monoisotopic (exact) mass is 412 g/mol. The van der Waals surface area contributed by atoms with Crippen LogP contribution in [0.4, 0.5) is 11.4 Å². The lowest BCUT2D eigenvalue weighted by Gasteiger charge is -2.20. The van der Waals surface area contributed by atoms with Crippen LogP contribution < -0.4 is 9.04 Å². The van der Waals surface area contributed by atoms with Crippen LogP contribution in [0, 0.1) is 10.1 Å². The van der Waals surface area contributed by atoms with E-state index in [2.05, 4.69) is 0 Å². The molecule has 0 amide bonds. The zero-order valence-electron chi connectivity index (χ0n) is 16.0. The lowest BCUT2D eigenvalue weighted by molar-refractivity contribution is -0.384. The van der Waals surface area contributed by atoms with E-state index in [1.807, 2.05) is 54.6 Å². The van der Waals surface area contributed by atoms with Gasteiger partial charge in [0.1, 0.15) is 6.61 Å². The third kappa shape index (κ3) is 4.91. The molecule has 0 aromatic heterocycles. The minimum Gasteiger partial charge on any atom is -0.486 e. The maximum Gasteiger partial charge on any atom is 0.273 e. The van der Waals surface area contributed by atoms with Crippen LogP contribution in [0.5, 0.6) is 5.75 Å². The summed E-state index contributed by atoms with van der Waals surface area (Å²) in [5.74, 6) is 0.124. The number of hydrogen-bond donors (Lipinski definition) is 0. The standard InChI is InChI=1S/C21H20N2O5S/c1-22(29(2,26)27)20-13-12-19(23(24)25)14-21(20)28-15-16-8-10-18(11-9-16)17-6-4-3-5-7-17/h3-14H,15H2,1-2H3. The van der Waals surface area contributed by atoms with Gasteiger partial charge in [-0.15, -0.1) is 0 Å². The fraction of sp³-hybridized carbons (Fsp3) is 0.143. The molecule has 0 radical (unpaired) electrons. The van der Waals surface area contributed by atoms with Crippen molar-refractivity contribution in [1.82, 2.24) is 0 Å². The molecule has 29 heavy (non-hydrogen) atoms. The molecule has 8 heteroatoms. The normalized spacial score (nSPS) is 11.1. The Morgan fingerprint density at radius 2 is 1.59 bits per heavy atom. The third-order valence-electron chi connectivity index (χ3n) is 4.45. The van der Waals surface area contributed by atoms with Gasteiger partial charge in [-0.25, -0.2) is 8.42 Å². The summed E-state index contributed by atoms with van der Waals surface area (Å²) in [6.45, 7) is 0.140. The smallest absolute Gasteiger partial charge is 0.273 e. The van der Waals surface area contributed by atoms with Crippen LogP contribution in [0.2, 0.25) is 0 Å². The van der Waals surface area contributed by atoms with Crippen LogP contribution in [0.25, 0.3) is 11.1 Å². The predicted molar refractivity (Wildman–Crippen MR) is 113 cm³/mol. The van der Waals surface area contributed by atoms with Crippen LogP contribution in [0.15, 0.2) is 72.8 Å². The molecule has 7 nitrogen and oxygen atoms in total. The highest BCUT2D eigenvalue weighted by Gasteiger charge is 2.20. The van der Waals surface area contributed by atoms with E-state index < -0.39 is 14.9 Å². The fourth-order valence-corrected chi connectivity index (χ4v) is 3.26. The van der Waals surface area contributed by atoms with E-state index >= 15 is 0 Å². The molecule has 0 aliphatic heterocycles. The Kier molecular flexibility index (Phi) is 5.84. The minimum absolute atomic E-state index is 0.124. The Hall–Kier alpha value is -3.39. The molecule has 0 aliphatic rings. The zero-order chi connectivity index (χ0) is 21.0. The molecule has 0 saturated heterocycles. The predicted octanol–water partition coefficient (Wildman–Crippen LogP) is 4.24. The van der Waals surface area contributed by atoms with Crippen LogP contribution in [-0.2, 0) is 16.6 Å². The molecule has 0 fully saturated rings. The Balaban J connectivity index is 1.83. The lowest BCUT2D eigenvalue weighted by Crippen LogP contribution is -2.25. The number of nitro benzene ring substituents is 1. The summed E-state index contributed by atoms with van der Waals surface area (Å²) in [6.07, 6.45) is 1.06.